The lowest BCUT2D eigenvalue weighted by atomic mass is 9.90. The van der Waals surface area contributed by atoms with E-state index in [2.05, 4.69) is 6.07 Å². The highest BCUT2D eigenvalue weighted by molar-refractivity contribution is 5.50. The van der Waals surface area contributed by atoms with Crippen LogP contribution in [0.2, 0.25) is 0 Å². The minimum absolute atomic E-state index is 0.182. The Kier molecular flexibility index (Phi) is 6.05. The first kappa shape index (κ1) is 21.8. The Hall–Kier alpha value is -2.42. The van der Waals surface area contributed by atoms with Crippen molar-refractivity contribution in [2.45, 2.75) is 49.9 Å². The second-order valence-corrected chi connectivity index (χ2v) is 8.02. The summed E-state index contributed by atoms with van der Waals surface area (Å²) in [4.78, 5) is 0. The number of aryl methyl sites for hydroxylation is 1. The zero-order valence-corrected chi connectivity index (χ0v) is 17.2. The van der Waals surface area contributed by atoms with E-state index in [9.17, 15) is 24.1 Å². The van der Waals surface area contributed by atoms with E-state index in [1.807, 2.05) is 12.1 Å². The fraction of sp³-hybridized carbons (Fsp3) is 0.478. The molecule has 3 unspecified atom stereocenters. The number of aliphatic hydroxyl groups is 2. The molecule has 2 aliphatic heterocycles. The van der Waals surface area contributed by atoms with Crippen LogP contribution in [0.15, 0.2) is 30.3 Å². The fourth-order valence-electron chi connectivity index (χ4n) is 4.25. The molecule has 0 radical (unpaired) electrons. The summed E-state index contributed by atoms with van der Waals surface area (Å²) in [5.74, 6) is -2.41. The molecule has 0 saturated carbocycles. The molecule has 3 atom stereocenters. The third-order valence-corrected chi connectivity index (χ3v) is 5.95. The maximum Gasteiger partial charge on any atom is 0.301 e. The van der Waals surface area contributed by atoms with E-state index in [0.717, 1.165) is 35.3 Å². The van der Waals surface area contributed by atoms with Crippen molar-refractivity contribution >= 4 is 0 Å². The highest BCUT2D eigenvalue weighted by Crippen LogP contribution is 2.44. The molecule has 0 aliphatic carbocycles. The normalized spacial score (nSPS) is 24.9. The Morgan fingerprint density at radius 2 is 2.03 bits per heavy atom. The summed E-state index contributed by atoms with van der Waals surface area (Å²) >= 11 is 0. The zero-order chi connectivity index (χ0) is 22.2. The van der Waals surface area contributed by atoms with E-state index in [1.54, 1.807) is 6.07 Å². The van der Waals surface area contributed by atoms with Crippen LogP contribution in [0.5, 0.6) is 17.2 Å². The number of halogens is 2. The molecule has 2 aliphatic rings. The molecule has 0 aromatic heterocycles. The van der Waals surface area contributed by atoms with Crippen LogP contribution < -0.4 is 9.47 Å². The lowest BCUT2D eigenvalue weighted by molar-refractivity contribution is -0.259. The lowest BCUT2D eigenvalue weighted by Gasteiger charge is -2.39. The Morgan fingerprint density at radius 3 is 2.77 bits per heavy atom. The summed E-state index contributed by atoms with van der Waals surface area (Å²) in [5, 5.41) is 29.7. The van der Waals surface area contributed by atoms with E-state index in [1.165, 1.54) is 13.2 Å². The number of hydrogen-bond acceptors (Lipinski definition) is 6. The molecule has 8 heteroatoms. The summed E-state index contributed by atoms with van der Waals surface area (Å²) in [6.45, 7) is -0.232. The number of hydrogen-bond donors (Lipinski definition) is 3. The highest BCUT2D eigenvalue weighted by Gasteiger charge is 2.53. The van der Waals surface area contributed by atoms with Crippen LogP contribution in [0.3, 0.4) is 0 Å². The molecule has 3 N–H and O–H groups in total. The van der Waals surface area contributed by atoms with E-state index in [-0.39, 0.29) is 11.3 Å². The minimum Gasteiger partial charge on any atom is -0.507 e. The van der Waals surface area contributed by atoms with Gasteiger partial charge in [-0.1, -0.05) is 12.1 Å². The highest BCUT2D eigenvalue weighted by atomic mass is 19.3. The molecule has 1 saturated heterocycles. The van der Waals surface area contributed by atoms with Crippen molar-refractivity contribution in [1.29, 1.82) is 0 Å². The molecule has 4 rings (SSSR count). The second kappa shape index (κ2) is 8.61. The Labute approximate surface area is 179 Å². The summed E-state index contributed by atoms with van der Waals surface area (Å²) in [5.41, 5.74) is 3.16. The van der Waals surface area contributed by atoms with Gasteiger partial charge in [0.25, 0.3) is 0 Å². The quantitative estimate of drug-likeness (QED) is 0.668. The molecule has 2 aromatic rings. The average Bonchev–Trinajstić information content (AvgIpc) is 2.76. The maximum absolute atomic E-state index is 14.0. The number of phenols is 1. The largest absolute Gasteiger partial charge is 0.507 e. The Morgan fingerprint density at radius 1 is 1.23 bits per heavy atom. The van der Waals surface area contributed by atoms with Gasteiger partial charge in [-0.2, -0.15) is 0 Å². The van der Waals surface area contributed by atoms with E-state index in [4.69, 9.17) is 14.2 Å². The topological polar surface area (TPSA) is 88.4 Å². The van der Waals surface area contributed by atoms with Crippen LogP contribution in [0.4, 0.5) is 8.78 Å². The van der Waals surface area contributed by atoms with Crippen LogP contribution in [-0.4, -0.2) is 53.8 Å². The van der Waals surface area contributed by atoms with Crippen molar-refractivity contribution in [3.05, 3.63) is 52.6 Å². The molecule has 2 heterocycles. The predicted octanol–water partition coefficient (Wildman–Crippen LogP) is 3.14. The van der Waals surface area contributed by atoms with Gasteiger partial charge in [0.1, 0.15) is 29.5 Å². The summed E-state index contributed by atoms with van der Waals surface area (Å²) in [6, 6.07) is 9.04. The lowest BCUT2D eigenvalue weighted by Crippen LogP contribution is -2.53. The number of alkyl halides is 2. The van der Waals surface area contributed by atoms with Gasteiger partial charge in [-0.3, -0.25) is 0 Å². The third kappa shape index (κ3) is 4.20. The smallest absolute Gasteiger partial charge is 0.301 e. The third-order valence-electron chi connectivity index (χ3n) is 5.95. The minimum atomic E-state index is -3.57. The van der Waals surface area contributed by atoms with Crippen molar-refractivity contribution in [3.8, 4) is 17.2 Å². The zero-order valence-electron chi connectivity index (χ0n) is 17.2. The number of ether oxygens (including phenoxy) is 3. The number of fused-ring (bicyclic) bond motifs is 1. The molecule has 6 nitrogen and oxygen atoms in total. The summed E-state index contributed by atoms with van der Waals surface area (Å²) < 4.78 is 44.5. The van der Waals surface area contributed by atoms with Crippen molar-refractivity contribution in [1.82, 2.24) is 0 Å². The van der Waals surface area contributed by atoms with Gasteiger partial charge in [-0.15, -0.1) is 0 Å². The molecule has 168 valence electrons. The van der Waals surface area contributed by atoms with Gasteiger partial charge in [-0.05, 0) is 41.7 Å². The first-order chi connectivity index (χ1) is 14.8. The molecule has 0 spiro atoms. The van der Waals surface area contributed by atoms with Crippen LogP contribution in [-0.2, 0) is 17.6 Å². The average molecular weight is 436 g/mol. The first-order valence-corrected chi connectivity index (χ1v) is 10.3. The molecular formula is C23H26F2O6. The number of aliphatic hydroxyl groups excluding tert-OH is 2. The van der Waals surface area contributed by atoms with Crippen LogP contribution in [0.25, 0.3) is 0 Å². The maximum atomic E-state index is 14.0. The summed E-state index contributed by atoms with van der Waals surface area (Å²) in [6.07, 6.45) is -2.86. The van der Waals surface area contributed by atoms with Gasteiger partial charge in [0.15, 0.2) is 0 Å². The SMILES string of the molecule is COc1cc(O)c(C2CC(O)C(F)(F)C(CO)O2)cc1Cc1ccc2c(c1)CCCO2. The number of aromatic hydroxyl groups is 1. The number of rotatable bonds is 5. The summed E-state index contributed by atoms with van der Waals surface area (Å²) in [7, 11) is 1.49. The van der Waals surface area contributed by atoms with Crippen LogP contribution in [0, 0.1) is 0 Å². The molecule has 31 heavy (non-hydrogen) atoms. The fourth-order valence-corrected chi connectivity index (χ4v) is 4.25. The van der Waals surface area contributed by atoms with Gasteiger partial charge >= 0.3 is 5.92 Å². The van der Waals surface area contributed by atoms with Crippen molar-refractivity contribution in [3.63, 3.8) is 0 Å². The molecule has 1 fully saturated rings. The molecule has 0 amide bonds. The Bertz CT molecular complexity index is 948. The number of methoxy groups -OCH3 is 1. The number of benzene rings is 2. The van der Waals surface area contributed by atoms with Crippen LogP contribution in [0.1, 0.15) is 41.2 Å². The molecular weight excluding hydrogens is 410 g/mol. The molecule has 0 bridgehead atoms. The predicted molar refractivity (Wildman–Crippen MR) is 108 cm³/mol. The van der Waals surface area contributed by atoms with Gasteiger partial charge in [0, 0.05) is 24.5 Å². The van der Waals surface area contributed by atoms with E-state index >= 15 is 0 Å². The molecule has 2 aromatic carbocycles. The van der Waals surface area contributed by atoms with Crippen LogP contribution >= 0.6 is 0 Å². The Balaban J connectivity index is 1.64. The van der Waals surface area contributed by atoms with Crippen molar-refractivity contribution in [2.75, 3.05) is 20.3 Å². The standard InChI is InChI=1S/C23H26F2O6/c1-29-19-10-17(27)16(20-11-21(28)23(24,25)22(12-26)31-20)9-15(19)8-13-4-5-18-14(7-13)3-2-6-30-18/h4-5,7,9-10,20-22,26-28H,2-3,6,8,11-12H2,1H3. The van der Waals surface area contributed by atoms with Gasteiger partial charge in [-0.25, -0.2) is 8.78 Å². The van der Waals surface area contributed by atoms with Gasteiger partial charge in [0.2, 0.25) is 0 Å². The van der Waals surface area contributed by atoms with Crippen molar-refractivity contribution < 1.29 is 38.3 Å². The van der Waals surface area contributed by atoms with E-state index in [0.29, 0.717) is 18.8 Å². The second-order valence-electron chi connectivity index (χ2n) is 8.02. The van der Waals surface area contributed by atoms with Crippen molar-refractivity contribution in [2.24, 2.45) is 0 Å². The van der Waals surface area contributed by atoms with Gasteiger partial charge in [0.05, 0.1) is 26.4 Å². The monoisotopic (exact) mass is 436 g/mol. The van der Waals surface area contributed by atoms with E-state index < -0.39 is 37.3 Å². The number of phenolic OH excluding ortho intramolecular Hbond substituents is 1. The van der Waals surface area contributed by atoms with Gasteiger partial charge < -0.3 is 29.5 Å². The first-order valence-electron chi connectivity index (χ1n) is 10.3.